The van der Waals surface area contributed by atoms with E-state index in [1.54, 1.807) is 7.11 Å². The maximum absolute atomic E-state index is 5.43. The first-order valence-corrected chi connectivity index (χ1v) is 8.09. The molecule has 3 unspecified atom stereocenters. The Morgan fingerprint density at radius 1 is 1.20 bits per heavy atom. The summed E-state index contributed by atoms with van der Waals surface area (Å²) >= 11 is 0. The van der Waals surface area contributed by atoms with E-state index in [-0.39, 0.29) is 0 Å². The Kier molecular flexibility index (Phi) is 5.47. The Morgan fingerprint density at radius 3 is 2.55 bits per heavy atom. The van der Waals surface area contributed by atoms with Crippen molar-refractivity contribution in [2.75, 3.05) is 14.2 Å². The lowest BCUT2D eigenvalue weighted by Crippen LogP contribution is -2.43. The number of hydrogen-bond acceptors (Lipinski definition) is 2. The fourth-order valence-corrected chi connectivity index (χ4v) is 3.90. The lowest BCUT2D eigenvalue weighted by molar-refractivity contribution is 0.270. The van der Waals surface area contributed by atoms with E-state index in [9.17, 15) is 0 Å². The molecule has 1 aliphatic carbocycles. The van der Waals surface area contributed by atoms with Crippen molar-refractivity contribution < 1.29 is 4.74 Å². The van der Waals surface area contributed by atoms with Gasteiger partial charge in [-0.05, 0) is 61.4 Å². The van der Waals surface area contributed by atoms with Gasteiger partial charge in [-0.3, -0.25) is 0 Å². The summed E-state index contributed by atoms with van der Waals surface area (Å²) in [7, 11) is 3.88. The molecule has 2 nitrogen and oxygen atoms in total. The van der Waals surface area contributed by atoms with Gasteiger partial charge in [0.1, 0.15) is 5.75 Å². The summed E-state index contributed by atoms with van der Waals surface area (Å²) in [6.07, 6.45) is 6.29. The van der Waals surface area contributed by atoms with E-state index in [2.05, 4.69) is 44.4 Å². The van der Waals surface area contributed by atoms with Crippen molar-refractivity contribution in [3.05, 3.63) is 29.3 Å². The quantitative estimate of drug-likeness (QED) is 0.842. The second-order valence-corrected chi connectivity index (χ2v) is 6.03. The minimum atomic E-state index is 0.606. The molecule has 1 N–H and O–H groups in total. The molecule has 1 aromatic carbocycles. The highest BCUT2D eigenvalue weighted by atomic mass is 16.5. The van der Waals surface area contributed by atoms with Crippen molar-refractivity contribution in [3.63, 3.8) is 0 Å². The van der Waals surface area contributed by atoms with Crippen molar-refractivity contribution >= 4 is 0 Å². The molecule has 0 bridgehead atoms. The standard InChI is InChI=1S/C18H29NO/c1-5-7-14-11-13-9-10-15(20-4)12-17(13)16(8-6-2)18(14)19-3/h9-10,12,14,16,18-19H,5-8,11H2,1-4H3. The van der Waals surface area contributed by atoms with E-state index in [0.29, 0.717) is 12.0 Å². The highest BCUT2D eigenvalue weighted by molar-refractivity contribution is 5.41. The first-order valence-electron chi connectivity index (χ1n) is 8.09. The van der Waals surface area contributed by atoms with Crippen LogP contribution in [0.4, 0.5) is 0 Å². The van der Waals surface area contributed by atoms with Crippen LogP contribution < -0.4 is 10.1 Å². The Balaban J connectivity index is 2.38. The normalized spacial score (nSPS) is 25.3. The molecular formula is C18H29NO. The molecule has 0 fully saturated rings. The predicted molar refractivity (Wildman–Crippen MR) is 85.6 cm³/mol. The molecule has 0 aromatic heterocycles. The lowest BCUT2D eigenvalue weighted by atomic mass is 9.70. The third kappa shape index (κ3) is 3.01. The molecule has 112 valence electrons. The van der Waals surface area contributed by atoms with E-state index >= 15 is 0 Å². The molecule has 3 atom stereocenters. The summed E-state index contributed by atoms with van der Waals surface area (Å²) in [5.41, 5.74) is 3.05. The van der Waals surface area contributed by atoms with Gasteiger partial charge in [0.15, 0.2) is 0 Å². The van der Waals surface area contributed by atoms with Gasteiger partial charge in [0.25, 0.3) is 0 Å². The van der Waals surface area contributed by atoms with Gasteiger partial charge in [-0.2, -0.15) is 0 Å². The number of fused-ring (bicyclic) bond motifs is 1. The number of methoxy groups -OCH3 is 1. The van der Waals surface area contributed by atoms with Crippen LogP contribution in [0.5, 0.6) is 5.75 Å². The van der Waals surface area contributed by atoms with Crippen LogP contribution >= 0.6 is 0 Å². The van der Waals surface area contributed by atoms with Gasteiger partial charge in [0.05, 0.1) is 7.11 Å². The Bertz CT molecular complexity index is 429. The van der Waals surface area contributed by atoms with Crippen molar-refractivity contribution in [2.45, 2.75) is 57.9 Å². The van der Waals surface area contributed by atoms with Gasteiger partial charge in [-0.1, -0.05) is 32.8 Å². The molecule has 0 saturated heterocycles. The summed E-state index contributed by atoms with van der Waals surface area (Å²) < 4.78 is 5.43. The van der Waals surface area contributed by atoms with Crippen molar-refractivity contribution in [1.82, 2.24) is 5.32 Å². The van der Waals surface area contributed by atoms with E-state index in [0.717, 1.165) is 11.7 Å². The van der Waals surface area contributed by atoms with Crippen LogP contribution in [0.15, 0.2) is 18.2 Å². The third-order valence-corrected chi connectivity index (χ3v) is 4.77. The monoisotopic (exact) mass is 275 g/mol. The number of nitrogens with one attached hydrogen (secondary N) is 1. The number of likely N-dealkylation sites (N-methyl/N-ethyl adjacent to an activating group) is 1. The number of benzene rings is 1. The van der Waals surface area contributed by atoms with Crippen LogP contribution in [-0.2, 0) is 6.42 Å². The maximum Gasteiger partial charge on any atom is 0.119 e. The molecule has 20 heavy (non-hydrogen) atoms. The summed E-state index contributed by atoms with van der Waals surface area (Å²) in [6, 6.07) is 7.27. The van der Waals surface area contributed by atoms with Gasteiger partial charge in [-0.15, -0.1) is 0 Å². The predicted octanol–water partition coefficient (Wildman–Crippen LogP) is 4.14. The second-order valence-electron chi connectivity index (χ2n) is 6.03. The molecule has 2 rings (SSSR count). The highest BCUT2D eigenvalue weighted by Gasteiger charge is 2.34. The Labute approximate surface area is 123 Å². The number of rotatable bonds is 6. The fraction of sp³-hybridized carbons (Fsp3) is 0.667. The molecule has 0 spiro atoms. The topological polar surface area (TPSA) is 21.3 Å². The average Bonchev–Trinajstić information content (AvgIpc) is 2.47. The van der Waals surface area contributed by atoms with E-state index < -0.39 is 0 Å². The Morgan fingerprint density at radius 2 is 1.95 bits per heavy atom. The van der Waals surface area contributed by atoms with Gasteiger partial charge in [-0.25, -0.2) is 0 Å². The van der Waals surface area contributed by atoms with Crippen LogP contribution in [-0.4, -0.2) is 20.2 Å². The van der Waals surface area contributed by atoms with E-state index in [1.807, 2.05) is 0 Å². The third-order valence-electron chi connectivity index (χ3n) is 4.77. The highest BCUT2D eigenvalue weighted by Crippen LogP contribution is 2.40. The van der Waals surface area contributed by atoms with Crippen LogP contribution in [0.25, 0.3) is 0 Å². The first-order chi connectivity index (χ1) is 9.74. The lowest BCUT2D eigenvalue weighted by Gasteiger charge is -2.40. The van der Waals surface area contributed by atoms with Crippen molar-refractivity contribution in [2.24, 2.45) is 5.92 Å². The zero-order valence-electron chi connectivity index (χ0n) is 13.4. The average molecular weight is 275 g/mol. The number of ether oxygens (including phenoxy) is 1. The van der Waals surface area contributed by atoms with Gasteiger partial charge in [0, 0.05) is 6.04 Å². The van der Waals surface area contributed by atoms with Crippen LogP contribution in [0.2, 0.25) is 0 Å². The van der Waals surface area contributed by atoms with Crippen LogP contribution in [0, 0.1) is 5.92 Å². The smallest absolute Gasteiger partial charge is 0.119 e. The summed E-state index contributed by atoms with van der Waals surface area (Å²) in [4.78, 5) is 0. The zero-order chi connectivity index (χ0) is 14.5. The van der Waals surface area contributed by atoms with Crippen LogP contribution in [0.1, 0.15) is 56.6 Å². The molecule has 1 aromatic rings. The summed E-state index contributed by atoms with van der Waals surface area (Å²) in [6.45, 7) is 4.58. The molecule has 0 amide bonds. The molecular weight excluding hydrogens is 246 g/mol. The SMILES string of the molecule is CCCC1Cc2ccc(OC)cc2C(CCC)C1NC. The minimum Gasteiger partial charge on any atom is -0.497 e. The fourth-order valence-electron chi connectivity index (χ4n) is 3.90. The molecule has 1 aliphatic rings. The van der Waals surface area contributed by atoms with Gasteiger partial charge in [0.2, 0.25) is 0 Å². The van der Waals surface area contributed by atoms with Crippen molar-refractivity contribution in [3.8, 4) is 5.75 Å². The maximum atomic E-state index is 5.43. The largest absolute Gasteiger partial charge is 0.497 e. The molecule has 0 saturated carbocycles. The van der Waals surface area contributed by atoms with E-state index in [1.165, 1.54) is 43.2 Å². The first kappa shape index (κ1) is 15.4. The van der Waals surface area contributed by atoms with Gasteiger partial charge >= 0.3 is 0 Å². The zero-order valence-corrected chi connectivity index (χ0v) is 13.4. The number of hydrogen-bond donors (Lipinski definition) is 1. The molecule has 0 aliphatic heterocycles. The minimum absolute atomic E-state index is 0.606. The van der Waals surface area contributed by atoms with Crippen molar-refractivity contribution in [1.29, 1.82) is 0 Å². The summed E-state index contributed by atoms with van der Waals surface area (Å²) in [5, 5.41) is 3.61. The second kappa shape index (κ2) is 7.12. The van der Waals surface area contributed by atoms with E-state index in [4.69, 9.17) is 4.74 Å². The van der Waals surface area contributed by atoms with Gasteiger partial charge < -0.3 is 10.1 Å². The summed E-state index contributed by atoms with van der Waals surface area (Å²) in [5.74, 6) is 2.39. The Hall–Kier alpha value is -1.02. The molecule has 0 heterocycles. The van der Waals surface area contributed by atoms with Crippen LogP contribution in [0.3, 0.4) is 0 Å². The molecule has 0 radical (unpaired) electrons. The molecule has 2 heteroatoms.